The van der Waals surface area contributed by atoms with Gasteiger partial charge in [0, 0.05) is 24.8 Å². The van der Waals surface area contributed by atoms with Crippen molar-refractivity contribution >= 4 is 27.5 Å². The lowest BCUT2D eigenvalue weighted by Gasteiger charge is -2.24. The van der Waals surface area contributed by atoms with Gasteiger partial charge in [0.1, 0.15) is 0 Å². The van der Waals surface area contributed by atoms with Crippen LogP contribution in [0.2, 0.25) is 0 Å². The van der Waals surface area contributed by atoms with Crippen LogP contribution in [0.5, 0.6) is 0 Å². The maximum atomic E-state index is 12.8. The number of anilines is 1. The molecule has 2 aromatic rings. The first kappa shape index (κ1) is 20.0. The van der Waals surface area contributed by atoms with Crippen LogP contribution in [0, 0.1) is 6.92 Å². The van der Waals surface area contributed by atoms with E-state index in [4.69, 9.17) is 0 Å². The molecule has 0 aromatic heterocycles. The van der Waals surface area contributed by atoms with Crippen molar-refractivity contribution in [3.8, 4) is 0 Å². The molecule has 0 spiro atoms. The summed E-state index contributed by atoms with van der Waals surface area (Å²) < 4.78 is 27.1. The summed E-state index contributed by atoms with van der Waals surface area (Å²) in [5, 5.41) is 5.10. The number of carbonyl (C=O) groups excluding carboxylic acids is 2. The van der Waals surface area contributed by atoms with Crippen LogP contribution in [0.4, 0.5) is 5.69 Å². The number of nitrogens with zero attached hydrogens (tertiary/aromatic N) is 1. The molecule has 1 atom stereocenters. The fraction of sp³-hybridized carbons (Fsp3) is 0.300. The van der Waals surface area contributed by atoms with Gasteiger partial charge in [0.25, 0.3) is 0 Å². The largest absolute Gasteiger partial charge is 0.346 e. The number of sulfonamides is 1. The molecule has 0 bridgehead atoms. The van der Waals surface area contributed by atoms with E-state index in [1.165, 1.54) is 4.31 Å². The minimum atomic E-state index is -3.63. The van der Waals surface area contributed by atoms with Gasteiger partial charge in [-0.3, -0.25) is 9.59 Å². The van der Waals surface area contributed by atoms with E-state index in [1.807, 2.05) is 13.0 Å². The summed E-state index contributed by atoms with van der Waals surface area (Å²) in [4.78, 5) is 24.4. The quantitative estimate of drug-likeness (QED) is 0.748. The van der Waals surface area contributed by atoms with Gasteiger partial charge in [-0.2, -0.15) is 4.31 Å². The summed E-state index contributed by atoms with van der Waals surface area (Å²) in [7, 11) is -3.63. The van der Waals surface area contributed by atoms with E-state index in [1.54, 1.807) is 48.5 Å². The second-order valence-electron chi connectivity index (χ2n) is 6.76. The topological polar surface area (TPSA) is 95.6 Å². The van der Waals surface area contributed by atoms with E-state index in [0.29, 0.717) is 25.1 Å². The lowest BCUT2D eigenvalue weighted by Crippen LogP contribution is -2.45. The van der Waals surface area contributed by atoms with Crippen molar-refractivity contribution in [1.29, 1.82) is 0 Å². The molecule has 0 unspecified atom stereocenters. The number of hydrogen-bond donors (Lipinski definition) is 2. The van der Waals surface area contributed by atoms with E-state index in [-0.39, 0.29) is 17.5 Å². The number of rotatable bonds is 5. The molecule has 1 aliphatic rings. The average molecular weight is 401 g/mol. The van der Waals surface area contributed by atoms with Crippen LogP contribution in [-0.2, 0) is 19.6 Å². The Balaban J connectivity index is 1.60. The summed E-state index contributed by atoms with van der Waals surface area (Å²) in [6.07, 6.45) is 1.34. The molecule has 2 N–H and O–H groups in total. The summed E-state index contributed by atoms with van der Waals surface area (Å²) in [6.45, 7) is 2.37. The highest BCUT2D eigenvalue weighted by Gasteiger charge is 2.35. The molecule has 1 heterocycles. The number of amides is 2. The Kier molecular flexibility index (Phi) is 6.11. The highest BCUT2D eigenvalue weighted by atomic mass is 32.2. The molecule has 148 valence electrons. The molecule has 28 heavy (non-hydrogen) atoms. The Bertz CT molecular complexity index is 960. The van der Waals surface area contributed by atoms with Gasteiger partial charge in [-0.25, -0.2) is 8.42 Å². The molecular formula is C20H23N3O4S. The van der Waals surface area contributed by atoms with E-state index in [9.17, 15) is 18.0 Å². The van der Waals surface area contributed by atoms with Crippen LogP contribution in [0.15, 0.2) is 59.5 Å². The number of benzene rings is 2. The van der Waals surface area contributed by atoms with Crippen molar-refractivity contribution < 1.29 is 18.0 Å². The van der Waals surface area contributed by atoms with Gasteiger partial charge in [0.2, 0.25) is 10.0 Å². The Morgan fingerprint density at radius 3 is 2.54 bits per heavy atom. The average Bonchev–Trinajstić information content (AvgIpc) is 3.16. The molecule has 2 amide bonds. The third-order valence-corrected chi connectivity index (χ3v) is 6.62. The molecule has 1 aliphatic heterocycles. The van der Waals surface area contributed by atoms with Crippen LogP contribution < -0.4 is 10.6 Å². The third kappa shape index (κ3) is 4.58. The zero-order valence-corrected chi connectivity index (χ0v) is 16.4. The van der Waals surface area contributed by atoms with Crippen molar-refractivity contribution in [2.45, 2.75) is 30.7 Å². The minimum Gasteiger partial charge on any atom is -0.346 e. The number of aryl methyl sites for hydroxylation is 1. The molecule has 7 nitrogen and oxygen atoms in total. The monoisotopic (exact) mass is 401 g/mol. The Morgan fingerprint density at radius 2 is 1.82 bits per heavy atom. The first-order valence-electron chi connectivity index (χ1n) is 9.10. The molecule has 8 heteroatoms. The van der Waals surface area contributed by atoms with Gasteiger partial charge in [-0.1, -0.05) is 30.3 Å². The van der Waals surface area contributed by atoms with E-state index in [0.717, 1.165) is 5.56 Å². The number of carbonyl (C=O) groups is 2. The van der Waals surface area contributed by atoms with Crippen LogP contribution in [0.3, 0.4) is 0 Å². The maximum absolute atomic E-state index is 12.8. The summed E-state index contributed by atoms with van der Waals surface area (Å²) in [5.41, 5.74) is 1.50. The summed E-state index contributed by atoms with van der Waals surface area (Å²) >= 11 is 0. The predicted molar refractivity (Wildman–Crippen MR) is 106 cm³/mol. The summed E-state index contributed by atoms with van der Waals surface area (Å²) in [6, 6.07) is 15.0. The third-order valence-electron chi connectivity index (χ3n) is 4.65. The zero-order chi connectivity index (χ0) is 20.1. The second-order valence-corrected chi connectivity index (χ2v) is 8.65. The molecule has 3 rings (SSSR count). The van der Waals surface area contributed by atoms with Crippen LogP contribution in [-0.4, -0.2) is 43.7 Å². The Morgan fingerprint density at radius 1 is 1.07 bits per heavy atom. The van der Waals surface area contributed by atoms with Gasteiger partial charge in [-0.05, 0) is 49.6 Å². The lowest BCUT2D eigenvalue weighted by atomic mass is 10.2. The van der Waals surface area contributed by atoms with Crippen molar-refractivity contribution in [2.75, 3.05) is 18.4 Å². The van der Waals surface area contributed by atoms with Crippen molar-refractivity contribution in [1.82, 2.24) is 9.62 Å². The Labute approximate surface area is 164 Å². The second kappa shape index (κ2) is 8.53. The maximum Gasteiger partial charge on any atom is 0.313 e. The SMILES string of the molecule is Cc1cccc(NC(=O)C(=O)NC[C@@H]2CCCN2S(=O)(=O)c2ccccc2)c1. The highest BCUT2D eigenvalue weighted by Crippen LogP contribution is 2.25. The van der Waals surface area contributed by atoms with Crippen molar-refractivity contribution in [3.05, 3.63) is 60.2 Å². The van der Waals surface area contributed by atoms with E-state index >= 15 is 0 Å². The summed E-state index contributed by atoms with van der Waals surface area (Å²) in [5.74, 6) is -1.56. The molecule has 1 saturated heterocycles. The minimum absolute atomic E-state index is 0.0894. The smallest absolute Gasteiger partial charge is 0.313 e. The van der Waals surface area contributed by atoms with Crippen LogP contribution in [0.25, 0.3) is 0 Å². The van der Waals surface area contributed by atoms with Gasteiger partial charge in [0.05, 0.1) is 4.90 Å². The van der Waals surface area contributed by atoms with Crippen LogP contribution >= 0.6 is 0 Å². The van der Waals surface area contributed by atoms with Gasteiger partial charge in [0.15, 0.2) is 0 Å². The van der Waals surface area contributed by atoms with Crippen molar-refractivity contribution in [3.63, 3.8) is 0 Å². The fourth-order valence-corrected chi connectivity index (χ4v) is 4.97. The molecule has 1 fully saturated rings. The molecule has 0 radical (unpaired) electrons. The Hall–Kier alpha value is -2.71. The van der Waals surface area contributed by atoms with Gasteiger partial charge in [-0.15, -0.1) is 0 Å². The lowest BCUT2D eigenvalue weighted by molar-refractivity contribution is -0.136. The molecular weight excluding hydrogens is 378 g/mol. The first-order valence-corrected chi connectivity index (χ1v) is 10.5. The fourth-order valence-electron chi connectivity index (χ4n) is 3.26. The van der Waals surface area contributed by atoms with Gasteiger partial charge < -0.3 is 10.6 Å². The standard InChI is InChI=1S/C20H23N3O4S/c1-15-7-5-8-16(13-15)22-20(25)19(24)21-14-17-9-6-12-23(17)28(26,27)18-10-3-2-4-11-18/h2-5,7-8,10-11,13,17H,6,9,12,14H2,1H3,(H,21,24)(H,22,25)/t17-/m0/s1. The normalized spacial score (nSPS) is 17.2. The molecule has 0 aliphatic carbocycles. The van der Waals surface area contributed by atoms with Gasteiger partial charge >= 0.3 is 11.8 Å². The molecule has 2 aromatic carbocycles. The zero-order valence-electron chi connectivity index (χ0n) is 15.6. The van der Waals surface area contributed by atoms with E-state index in [2.05, 4.69) is 10.6 Å². The predicted octanol–water partition coefficient (Wildman–Crippen LogP) is 1.90. The number of hydrogen-bond acceptors (Lipinski definition) is 4. The molecule has 0 saturated carbocycles. The number of nitrogens with one attached hydrogen (secondary N) is 2. The highest BCUT2D eigenvalue weighted by molar-refractivity contribution is 7.89. The first-order chi connectivity index (χ1) is 13.4. The van der Waals surface area contributed by atoms with Crippen molar-refractivity contribution in [2.24, 2.45) is 0 Å². The van der Waals surface area contributed by atoms with Crippen LogP contribution in [0.1, 0.15) is 18.4 Å². The van der Waals surface area contributed by atoms with E-state index < -0.39 is 21.8 Å².